The average molecular weight is 500 g/mol. The third kappa shape index (κ3) is 8.02. The first-order chi connectivity index (χ1) is 16.5. The summed E-state index contributed by atoms with van der Waals surface area (Å²) in [5.41, 5.74) is 1.46. The largest absolute Gasteiger partial charge is 0.444 e. The number of carbonyl (C=O) groups excluding carboxylic acids is 3. The van der Waals surface area contributed by atoms with Gasteiger partial charge in [0, 0.05) is 12.1 Å². The van der Waals surface area contributed by atoms with Gasteiger partial charge in [0.05, 0.1) is 17.3 Å². The highest BCUT2D eigenvalue weighted by molar-refractivity contribution is 6.34. The van der Waals surface area contributed by atoms with E-state index < -0.39 is 42.7 Å². The summed E-state index contributed by atoms with van der Waals surface area (Å²) in [6.45, 7) is 5.88. The summed E-state index contributed by atoms with van der Waals surface area (Å²) in [7, 11) is 0. The van der Waals surface area contributed by atoms with Crippen LogP contribution in [0.1, 0.15) is 43.5 Å². The van der Waals surface area contributed by atoms with Crippen LogP contribution in [0.3, 0.4) is 0 Å². The number of aliphatic hydroxyl groups excluding tert-OH is 1. The molecule has 0 spiro atoms. The third-order valence-corrected chi connectivity index (χ3v) is 5.18. The molecule has 0 saturated heterocycles. The molecule has 1 unspecified atom stereocenters. The number of anilines is 1. The highest BCUT2D eigenvalue weighted by atomic mass is 35.5. The highest BCUT2D eigenvalue weighted by Gasteiger charge is 2.32. The molecule has 0 fully saturated rings. The molecular formula is C26H30ClN3O5. The molecule has 3 N–H and O–H groups in total. The molecule has 0 aliphatic rings. The van der Waals surface area contributed by atoms with Gasteiger partial charge in [-0.15, -0.1) is 6.42 Å². The van der Waals surface area contributed by atoms with Gasteiger partial charge in [-0.05, 0) is 57.0 Å². The first-order valence-electron chi connectivity index (χ1n) is 11.0. The lowest BCUT2D eigenvalue weighted by atomic mass is 10.0. The van der Waals surface area contributed by atoms with Crippen molar-refractivity contribution in [2.45, 2.75) is 39.3 Å². The first-order valence-corrected chi connectivity index (χ1v) is 11.3. The number of alkyl carbamates (subject to hydrolysis) is 1. The topological polar surface area (TPSA) is 108 Å². The van der Waals surface area contributed by atoms with Gasteiger partial charge in [-0.3, -0.25) is 9.59 Å². The fourth-order valence-corrected chi connectivity index (χ4v) is 3.55. The van der Waals surface area contributed by atoms with Crippen LogP contribution in [-0.4, -0.2) is 53.2 Å². The van der Waals surface area contributed by atoms with Crippen LogP contribution in [0, 0.1) is 19.3 Å². The lowest BCUT2D eigenvalue weighted by Gasteiger charge is -2.31. The number of carbonyl (C=O) groups is 3. The molecule has 0 radical (unpaired) electrons. The van der Waals surface area contributed by atoms with E-state index in [2.05, 4.69) is 16.6 Å². The van der Waals surface area contributed by atoms with Crippen molar-refractivity contribution in [1.82, 2.24) is 10.2 Å². The molecule has 9 heteroatoms. The lowest BCUT2D eigenvalue weighted by molar-refractivity contribution is -0.138. The minimum atomic E-state index is -1.14. The number of amides is 3. The van der Waals surface area contributed by atoms with E-state index in [1.165, 1.54) is 4.90 Å². The molecule has 0 bridgehead atoms. The van der Waals surface area contributed by atoms with Gasteiger partial charge >= 0.3 is 6.09 Å². The third-order valence-electron chi connectivity index (χ3n) is 4.87. The molecule has 186 valence electrons. The molecule has 3 amide bonds. The zero-order valence-electron chi connectivity index (χ0n) is 20.2. The fourth-order valence-electron chi connectivity index (χ4n) is 3.29. The number of nitrogens with zero attached hydrogens (tertiary/aromatic N) is 1. The molecule has 0 aliphatic carbocycles. The van der Waals surface area contributed by atoms with Gasteiger partial charge in [-0.2, -0.15) is 0 Å². The number of hydrogen-bond acceptors (Lipinski definition) is 5. The number of aliphatic hydroxyl groups is 1. The van der Waals surface area contributed by atoms with E-state index >= 15 is 0 Å². The Morgan fingerprint density at radius 2 is 1.83 bits per heavy atom. The fraction of sp³-hybridized carbons (Fsp3) is 0.346. The quantitative estimate of drug-likeness (QED) is 0.480. The number of para-hydroxylation sites is 1. The summed E-state index contributed by atoms with van der Waals surface area (Å²) < 4.78 is 5.17. The van der Waals surface area contributed by atoms with Crippen molar-refractivity contribution in [2.75, 3.05) is 25.0 Å². The van der Waals surface area contributed by atoms with Gasteiger partial charge in [-0.1, -0.05) is 41.8 Å². The number of aryl methyl sites for hydroxylation is 1. The number of hydrogen-bond donors (Lipinski definition) is 3. The molecule has 2 aromatic rings. The van der Waals surface area contributed by atoms with Crippen molar-refractivity contribution in [3.8, 4) is 12.3 Å². The number of terminal acetylenes is 1. The van der Waals surface area contributed by atoms with Crippen LogP contribution in [0.2, 0.25) is 5.02 Å². The van der Waals surface area contributed by atoms with E-state index in [1.54, 1.807) is 70.2 Å². The van der Waals surface area contributed by atoms with E-state index in [0.717, 1.165) is 5.56 Å². The molecule has 0 aromatic heterocycles. The molecule has 2 aromatic carbocycles. The predicted molar refractivity (Wildman–Crippen MR) is 135 cm³/mol. The Labute approximate surface area is 210 Å². The Morgan fingerprint density at radius 1 is 1.17 bits per heavy atom. The van der Waals surface area contributed by atoms with Crippen LogP contribution in [0.4, 0.5) is 10.5 Å². The highest BCUT2D eigenvalue weighted by Crippen LogP contribution is 2.29. The van der Waals surface area contributed by atoms with Crippen LogP contribution >= 0.6 is 11.6 Å². The van der Waals surface area contributed by atoms with Gasteiger partial charge in [0.1, 0.15) is 18.2 Å². The molecule has 0 heterocycles. The molecule has 2 rings (SSSR count). The van der Waals surface area contributed by atoms with Gasteiger partial charge < -0.3 is 25.4 Å². The Bertz CT molecular complexity index is 1080. The van der Waals surface area contributed by atoms with E-state index in [1.807, 2.05) is 0 Å². The Hall–Kier alpha value is -3.54. The van der Waals surface area contributed by atoms with Crippen LogP contribution in [0.5, 0.6) is 0 Å². The van der Waals surface area contributed by atoms with E-state index in [0.29, 0.717) is 21.8 Å². The summed E-state index contributed by atoms with van der Waals surface area (Å²) >= 11 is 6.29. The maximum Gasteiger partial charge on any atom is 0.408 e. The smallest absolute Gasteiger partial charge is 0.408 e. The maximum absolute atomic E-state index is 13.5. The number of halogens is 1. The van der Waals surface area contributed by atoms with E-state index in [-0.39, 0.29) is 6.54 Å². The van der Waals surface area contributed by atoms with Gasteiger partial charge in [0.15, 0.2) is 0 Å². The van der Waals surface area contributed by atoms with Gasteiger partial charge in [0.2, 0.25) is 5.91 Å². The van der Waals surface area contributed by atoms with Crippen molar-refractivity contribution in [3.05, 3.63) is 64.2 Å². The molecular weight excluding hydrogens is 470 g/mol. The molecule has 35 heavy (non-hydrogen) atoms. The summed E-state index contributed by atoms with van der Waals surface area (Å²) in [6, 6.07) is 10.6. The second-order valence-corrected chi connectivity index (χ2v) is 9.16. The monoisotopic (exact) mass is 499 g/mol. The molecule has 8 nitrogen and oxygen atoms in total. The number of nitrogens with one attached hydrogen (secondary N) is 2. The number of benzene rings is 2. The van der Waals surface area contributed by atoms with Crippen molar-refractivity contribution >= 4 is 35.2 Å². The average Bonchev–Trinajstić information content (AvgIpc) is 2.79. The SMILES string of the molecule is C#Cc1ccc(C(C(=O)Nc2c(C)cccc2Cl)N(CCO)C(=O)CNC(=O)OC(C)(C)C)cc1. The summed E-state index contributed by atoms with van der Waals surface area (Å²) in [4.78, 5) is 39.9. The van der Waals surface area contributed by atoms with Crippen molar-refractivity contribution in [2.24, 2.45) is 0 Å². The van der Waals surface area contributed by atoms with Crippen LogP contribution in [-0.2, 0) is 14.3 Å². The molecule has 0 saturated carbocycles. The first kappa shape index (κ1) is 27.7. The summed E-state index contributed by atoms with van der Waals surface area (Å²) in [5, 5.41) is 15.2. The summed E-state index contributed by atoms with van der Waals surface area (Å²) in [6.07, 6.45) is 4.67. The van der Waals surface area contributed by atoms with Crippen LogP contribution < -0.4 is 10.6 Å². The Kier molecular flexibility index (Phi) is 9.69. The minimum absolute atomic E-state index is 0.161. The second kappa shape index (κ2) is 12.2. The van der Waals surface area contributed by atoms with Crippen molar-refractivity contribution in [1.29, 1.82) is 0 Å². The predicted octanol–water partition coefficient (Wildman–Crippen LogP) is 3.66. The second-order valence-electron chi connectivity index (χ2n) is 8.76. The number of ether oxygens (including phenoxy) is 1. The summed E-state index contributed by atoms with van der Waals surface area (Å²) in [5.74, 6) is 1.36. The van der Waals surface area contributed by atoms with Gasteiger partial charge in [0.25, 0.3) is 5.91 Å². The maximum atomic E-state index is 13.5. The molecule has 1 atom stereocenters. The number of rotatable bonds is 8. The van der Waals surface area contributed by atoms with Gasteiger partial charge in [-0.25, -0.2) is 4.79 Å². The van der Waals surface area contributed by atoms with E-state index in [9.17, 15) is 19.5 Å². The zero-order chi connectivity index (χ0) is 26.2. The van der Waals surface area contributed by atoms with E-state index in [4.69, 9.17) is 22.8 Å². The van der Waals surface area contributed by atoms with Crippen molar-refractivity contribution in [3.63, 3.8) is 0 Å². The van der Waals surface area contributed by atoms with Crippen LogP contribution in [0.15, 0.2) is 42.5 Å². The van der Waals surface area contributed by atoms with Crippen molar-refractivity contribution < 1.29 is 24.2 Å². The Balaban J connectivity index is 2.39. The zero-order valence-corrected chi connectivity index (χ0v) is 21.0. The molecule has 0 aliphatic heterocycles. The standard InChI is InChI=1S/C26H30ClN3O5/c1-6-18-10-12-19(13-11-18)23(24(33)29-22-17(2)8-7-9-20(22)27)30(14-15-31)21(32)16-28-25(34)35-26(3,4)5/h1,7-13,23,31H,14-16H2,2-5H3,(H,28,34)(H,29,33). The lowest BCUT2D eigenvalue weighted by Crippen LogP contribution is -2.47. The normalized spacial score (nSPS) is 11.7. The van der Waals surface area contributed by atoms with Crippen LogP contribution in [0.25, 0.3) is 0 Å². The minimum Gasteiger partial charge on any atom is -0.444 e. The Morgan fingerprint density at radius 3 is 2.37 bits per heavy atom.